The molecular formula is C15H20N2OS. The normalized spacial score (nSPS) is 10.9. The number of aromatic nitrogens is 1. The first kappa shape index (κ1) is 14.0. The molecule has 0 saturated heterocycles. The van der Waals surface area contributed by atoms with Crippen molar-refractivity contribution < 1.29 is 4.74 Å². The molecule has 4 heteroatoms. The third-order valence-corrected chi connectivity index (χ3v) is 3.46. The summed E-state index contributed by atoms with van der Waals surface area (Å²) >= 11 is 1.71. The zero-order chi connectivity index (χ0) is 13.5. The van der Waals surface area contributed by atoms with Crippen LogP contribution in [0.2, 0.25) is 0 Å². The molecule has 2 aromatic rings. The largest absolute Gasteiger partial charge is 0.488 e. The van der Waals surface area contributed by atoms with Crippen LogP contribution in [0, 0.1) is 5.92 Å². The highest BCUT2D eigenvalue weighted by molar-refractivity contribution is 7.09. The molecule has 19 heavy (non-hydrogen) atoms. The van der Waals surface area contributed by atoms with Gasteiger partial charge < -0.3 is 10.1 Å². The second-order valence-electron chi connectivity index (χ2n) is 4.88. The van der Waals surface area contributed by atoms with Crippen molar-refractivity contribution in [2.75, 3.05) is 6.54 Å². The van der Waals surface area contributed by atoms with Crippen LogP contribution < -0.4 is 10.1 Å². The lowest BCUT2D eigenvalue weighted by molar-refractivity contribution is 0.309. The standard InChI is InChI=1S/C15H20N2OS/c1-12(2)9-16-10-13-8-14(5-6-17-13)18-11-15-4-3-7-19-15/h3-8,12,16H,9-11H2,1-2H3. The molecule has 0 spiro atoms. The van der Waals surface area contributed by atoms with E-state index in [1.807, 2.05) is 18.2 Å². The minimum atomic E-state index is 0.626. The van der Waals surface area contributed by atoms with Gasteiger partial charge in [0.2, 0.25) is 0 Å². The fourth-order valence-electron chi connectivity index (χ4n) is 1.68. The van der Waals surface area contributed by atoms with Crippen LogP contribution in [0.15, 0.2) is 35.8 Å². The van der Waals surface area contributed by atoms with E-state index in [1.165, 1.54) is 4.88 Å². The zero-order valence-electron chi connectivity index (χ0n) is 11.4. The van der Waals surface area contributed by atoms with Gasteiger partial charge in [0, 0.05) is 23.7 Å². The Morgan fingerprint density at radius 2 is 2.26 bits per heavy atom. The maximum atomic E-state index is 5.76. The van der Waals surface area contributed by atoms with Gasteiger partial charge in [-0.15, -0.1) is 11.3 Å². The summed E-state index contributed by atoms with van der Waals surface area (Å²) in [5.41, 5.74) is 1.02. The van der Waals surface area contributed by atoms with E-state index in [-0.39, 0.29) is 0 Å². The van der Waals surface area contributed by atoms with Crippen LogP contribution in [0.5, 0.6) is 5.75 Å². The maximum absolute atomic E-state index is 5.76. The van der Waals surface area contributed by atoms with E-state index in [4.69, 9.17) is 4.74 Å². The van der Waals surface area contributed by atoms with E-state index in [0.717, 1.165) is 24.5 Å². The molecule has 0 aliphatic rings. The molecule has 0 aromatic carbocycles. The Morgan fingerprint density at radius 3 is 3.00 bits per heavy atom. The third-order valence-electron chi connectivity index (χ3n) is 2.61. The van der Waals surface area contributed by atoms with Crippen molar-refractivity contribution in [2.24, 2.45) is 5.92 Å². The van der Waals surface area contributed by atoms with Crippen molar-refractivity contribution in [1.82, 2.24) is 10.3 Å². The average molecular weight is 276 g/mol. The molecule has 0 unspecified atom stereocenters. The molecule has 0 atom stereocenters. The van der Waals surface area contributed by atoms with E-state index in [2.05, 4.69) is 35.6 Å². The van der Waals surface area contributed by atoms with Crippen LogP contribution in [0.4, 0.5) is 0 Å². The number of hydrogen-bond acceptors (Lipinski definition) is 4. The van der Waals surface area contributed by atoms with E-state index >= 15 is 0 Å². The summed E-state index contributed by atoms with van der Waals surface area (Å²) in [5, 5.41) is 5.44. The zero-order valence-corrected chi connectivity index (χ0v) is 12.2. The molecule has 0 aliphatic heterocycles. The van der Waals surface area contributed by atoms with Crippen LogP contribution in [0.25, 0.3) is 0 Å². The van der Waals surface area contributed by atoms with Gasteiger partial charge in [0.05, 0.1) is 5.69 Å². The number of ether oxygens (including phenoxy) is 1. The molecule has 2 heterocycles. The Kier molecular flexibility index (Phi) is 5.36. The Labute approximate surface area is 118 Å². The smallest absolute Gasteiger partial charge is 0.123 e. The highest BCUT2D eigenvalue weighted by atomic mass is 32.1. The van der Waals surface area contributed by atoms with Crippen LogP contribution in [0.1, 0.15) is 24.4 Å². The lowest BCUT2D eigenvalue weighted by Gasteiger charge is -2.09. The van der Waals surface area contributed by atoms with Gasteiger partial charge in [0.25, 0.3) is 0 Å². The molecule has 0 fully saturated rings. The molecule has 1 N–H and O–H groups in total. The first-order valence-electron chi connectivity index (χ1n) is 6.55. The summed E-state index contributed by atoms with van der Waals surface area (Å²) in [7, 11) is 0. The van der Waals surface area contributed by atoms with Crippen LogP contribution in [0.3, 0.4) is 0 Å². The van der Waals surface area contributed by atoms with E-state index < -0.39 is 0 Å². The quantitative estimate of drug-likeness (QED) is 0.841. The van der Waals surface area contributed by atoms with Crippen molar-refractivity contribution in [1.29, 1.82) is 0 Å². The molecule has 0 radical (unpaired) electrons. The minimum Gasteiger partial charge on any atom is -0.488 e. The number of pyridine rings is 1. The monoisotopic (exact) mass is 276 g/mol. The summed E-state index contributed by atoms with van der Waals surface area (Å²) in [6.45, 7) is 6.80. The molecule has 102 valence electrons. The lowest BCUT2D eigenvalue weighted by atomic mass is 10.2. The Morgan fingerprint density at radius 1 is 1.37 bits per heavy atom. The van der Waals surface area contributed by atoms with E-state index in [9.17, 15) is 0 Å². The van der Waals surface area contributed by atoms with Crippen molar-refractivity contribution in [3.05, 3.63) is 46.4 Å². The molecule has 0 aliphatic carbocycles. The van der Waals surface area contributed by atoms with Crippen molar-refractivity contribution in [3.8, 4) is 5.75 Å². The molecule has 2 aromatic heterocycles. The summed E-state index contributed by atoms with van der Waals surface area (Å²) in [6, 6.07) is 8.02. The second kappa shape index (κ2) is 7.26. The van der Waals surface area contributed by atoms with Crippen molar-refractivity contribution in [3.63, 3.8) is 0 Å². The number of nitrogens with one attached hydrogen (secondary N) is 1. The van der Waals surface area contributed by atoms with Gasteiger partial charge in [-0.2, -0.15) is 0 Å². The predicted octanol–water partition coefficient (Wildman–Crippen LogP) is 3.47. The lowest BCUT2D eigenvalue weighted by Crippen LogP contribution is -2.19. The summed E-state index contributed by atoms with van der Waals surface area (Å²) in [5.74, 6) is 1.53. The van der Waals surface area contributed by atoms with Gasteiger partial charge >= 0.3 is 0 Å². The van der Waals surface area contributed by atoms with Crippen molar-refractivity contribution >= 4 is 11.3 Å². The topological polar surface area (TPSA) is 34.1 Å². The number of thiophene rings is 1. The van der Waals surface area contributed by atoms with Crippen molar-refractivity contribution in [2.45, 2.75) is 27.0 Å². The van der Waals surface area contributed by atoms with Gasteiger partial charge in [-0.1, -0.05) is 19.9 Å². The molecule has 0 amide bonds. The van der Waals surface area contributed by atoms with Crippen LogP contribution >= 0.6 is 11.3 Å². The maximum Gasteiger partial charge on any atom is 0.123 e. The highest BCUT2D eigenvalue weighted by Crippen LogP contribution is 2.15. The Bertz CT molecular complexity index is 483. The van der Waals surface area contributed by atoms with Crippen LogP contribution in [-0.4, -0.2) is 11.5 Å². The molecular weight excluding hydrogens is 256 g/mol. The van der Waals surface area contributed by atoms with Gasteiger partial charge in [0.1, 0.15) is 12.4 Å². The molecule has 2 rings (SSSR count). The van der Waals surface area contributed by atoms with Gasteiger partial charge in [0.15, 0.2) is 0 Å². The van der Waals surface area contributed by atoms with E-state index in [0.29, 0.717) is 12.5 Å². The van der Waals surface area contributed by atoms with Crippen LogP contribution in [-0.2, 0) is 13.2 Å². The van der Waals surface area contributed by atoms with Gasteiger partial charge in [-0.3, -0.25) is 4.98 Å². The number of hydrogen-bond donors (Lipinski definition) is 1. The first-order chi connectivity index (χ1) is 9.24. The fraction of sp³-hybridized carbons (Fsp3) is 0.400. The molecule has 3 nitrogen and oxygen atoms in total. The molecule has 0 saturated carbocycles. The van der Waals surface area contributed by atoms with Gasteiger partial charge in [-0.05, 0) is 30.0 Å². The van der Waals surface area contributed by atoms with E-state index in [1.54, 1.807) is 17.5 Å². The third kappa shape index (κ3) is 5.01. The molecule has 0 bridgehead atoms. The fourth-order valence-corrected chi connectivity index (χ4v) is 2.30. The SMILES string of the molecule is CC(C)CNCc1cc(OCc2cccs2)ccn1. The first-order valence-corrected chi connectivity index (χ1v) is 7.43. The number of nitrogens with zero attached hydrogens (tertiary/aromatic N) is 1. The highest BCUT2D eigenvalue weighted by Gasteiger charge is 2.00. The second-order valence-corrected chi connectivity index (χ2v) is 5.91. The summed E-state index contributed by atoms with van der Waals surface area (Å²) in [4.78, 5) is 5.57. The number of rotatable bonds is 7. The minimum absolute atomic E-state index is 0.626. The van der Waals surface area contributed by atoms with Gasteiger partial charge in [-0.25, -0.2) is 0 Å². The average Bonchev–Trinajstić information content (AvgIpc) is 2.89. The summed E-state index contributed by atoms with van der Waals surface area (Å²) < 4.78 is 5.76. The Balaban J connectivity index is 1.84. The summed E-state index contributed by atoms with van der Waals surface area (Å²) in [6.07, 6.45) is 1.80. The predicted molar refractivity (Wildman–Crippen MR) is 79.4 cm³/mol. The Hall–Kier alpha value is -1.39.